The van der Waals surface area contributed by atoms with Crippen molar-refractivity contribution in [2.24, 2.45) is 0 Å². The summed E-state index contributed by atoms with van der Waals surface area (Å²) in [5.41, 5.74) is 0.703. The predicted molar refractivity (Wildman–Crippen MR) is 104 cm³/mol. The Balaban J connectivity index is 2.01. The maximum Gasteiger partial charge on any atom is 0.296 e. The molecule has 0 heterocycles. The van der Waals surface area contributed by atoms with E-state index in [1.165, 1.54) is 25.3 Å². The quantitative estimate of drug-likeness (QED) is 0.348. The number of rotatable bonds is 5. The van der Waals surface area contributed by atoms with Gasteiger partial charge in [-0.05, 0) is 48.1 Å². The molecule has 0 saturated carbocycles. The molecule has 1 amide bonds. The number of benzene rings is 2. The van der Waals surface area contributed by atoms with Crippen LogP contribution in [0.4, 0.5) is 11.4 Å². The number of nitro groups is 1. The fraction of sp³-hybridized carbons (Fsp3) is 0.0588. The van der Waals surface area contributed by atoms with Gasteiger partial charge < -0.3 is 10.1 Å². The van der Waals surface area contributed by atoms with Gasteiger partial charge in [0.1, 0.15) is 11.4 Å². The zero-order chi connectivity index (χ0) is 19.1. The first-order valence-electron chi connectivity index (χ1n) is 7.27. The molecule has 0 fully saturated rings. The molecule has 26 heavy (non-hydrogen) atoms. The molecule has 9 heteroatoms. The standard InChI is InChI=1S/C17H14ClN3O4S/c1-25-13-7-8-14(15(10-13)21(23)24)19-17(26)20-16(22)9-4-11-2-5-12(18)6-3-11/h2-10H,1H3,(H2,19,20,22,26)/b9-4+. The van der Waals surface area contributed by atoms with Crippen molar-refractivity contribution in [1.29, 1.82) is 0 Å². The maximum atomic E-state index is 11.9. The Labute approximate surface area is 159 Å². The molecule has 0 unspecified atom stereocenters. The van der Waals surface area contributed by atoms with Crippen LogP contribution in [0.2, 0.25) is 5.02 Å². The normalized spacial score (nSPS) is 10.4. The molecule has 2 N–H and O–H groups in total. The Morgan fingerprint density at radius 2 is 1.96 bits per heavy atom. The van der Waals surface area contributed by atoms with E-state index >= 15 is 0 Å². The van der Waals surface area contributed by atoms with E-state index in [0.717, 1.165) is 5.56 Å². The Kier molecular flexibility index (Phi) is 6.65. The number of ether oxygens (including phenoxy) is 1. The summed E-state index contributed by atoms with van der Waals surface area (Å²) in [4.78, 5) is 22.5. The van der Waals surface area contributed by atoms with Crippen LogP contribution in [0, 0.1) is 10.1 Å². The molecule has 0 aliphatic rings. The lowest BCUT2D eigenvalue weighted by atomic mass is 10.2. The highest BCUT2D eigenvalue weighted by Crippen LogP contribution is 2.28. The van der Waals surface area contributed by atoms with E-state index in [2.05, 4.69) is 10.6 Å². The minimum Gasteiger partial charge on any atom is -0.496 e. The minimum absolute atomic E-state index is 0.0657. The van der Waals surface area contributed by atoms with Gasteiger partial charge in [-0.25, -0.2) is 0 Å². The van der Waals surface area contributed by atoms with Crippen LogP contribution < -0.4 is 15.4 Å². The Hall–Kier alpha value is -2.97. The molecule has 0 spiro atoms. The lowest BCUT2D eigenvalue weighted by Gasteiger charge is -2.09. The molecule has 0 radical (unpaired) electrons. The first-order chi connectivity index (χ1) is 12.4. The maximum absolute atomic E-state index is 11.9. The fourth-order valence-corrected chi connectivity index (χ4v) is 2.28. The van der Waals surface area contributed by atoms with Crippen LogP contribution in [-0.4, -0.2) is 23.1 Å². The molecule has 0 aromatic heterocycles. The van der Waals surface area contributed by atoms with E-state index in [4.69, 9.17) is 28.6 Å². The lowest BCUT2D eigenvalue weighted by Crippen LogP contribution is -2.33. The number of amides is 1. The van der Waals surface area contributed by atoms with Gasteiger partial charge in [-0.3, -0.25) is 20.2 Å². The monoisotopic (exact) mass is 391 g/mol. The van der Waals surface area contributed by atoms with Gasteiger partial charge in [0.25, 0.3) is 5.69 Å². The highest BCUT2D eigenvalue weighted by atomic mass is 35.5. The number of halogens is 1. The number of carbonyl (C=O) groups is 1. The summed E-state index contributed by atoms with van der Waals surface area (Å²) in [6.45, 7) is 0. The number of thiocarbonyl (C=S) groups is 1. The van der Waals surface area contributed by atoms with Gasteiger partial charge in [0.05, 0.1) is 18.1 Å². The summed E-state index contributed by atoms with van der Waals surface area (Å²) in [5, 5.41) is 16.7. The Morgan fingerprint density at radius 1 is 1.27 bits per heavy atom. The number of carbonyl (C=O) groups excluding carboxylic acids is 1. The van der Waals surface area contributed by atoms with Gasteiger partial charge in [0.15, 0.2) is 5.11 Å². The molecule has 0 atom stereocenters. The van der Waals surface area contributed by atoms with Crippen LogP contribution in [0.25, 0.3) is 6.08 Å². The number of nitrogens with zero attached hydrogens (tertiary/aromatic N) is 1. The van der Waals surface area contributed by atoms with Crippen molar-refractivity contribution in [3.05, 3.63) is 69.2 Å². The van der Waals surface area contributed by atoms with Crippen LogP contribution in [0.1, 0.15) is 5.56 Å². The highest BCUT2D eigenvalue weighted by Gasteiger charge is 2.16. The van der Waals surface area contributed by atoms with E-state index in [1.807, 2.05) is 0 Å². The SMILES string of the molecule is COc1ccc(NC(=S)NC(=O)/C=C/c2ccc(Cl)cc2)c([N+](=O)[O-])c1. The first kappa shape index (κ1) is 19.4. The molecule has 7 nitrogen and oxygen atoms in total. The van der Waals surface area contributed by atoms with Gasteiger partial charge in [-0.1, -0.05) is 23.7 Å². The second-order valence-corrected chi connectivity index (χ2v) is 5.81. The zero-order valence-electron chi connectivity index (χ0n) is 13.6. The minimum atomic E-state index is -0.574. The topological polar surface area (TPSA) is 93.5 Å². The number of hydrogen-bond acceptors (Lipinski definition) is 5. The molecule has 134 valence electrons. The average Bonchev–Trinajstić information content (AvgIpc) is 2.61. The number of methoxy groups -OCH3 is 1. The molecule has 0 aliphatic heterocycles. The molecular weight excluding hydrogens is 378 g/mol. The van der Waals surface area contributed by atoms with Gasteiger partial charge in [0, 0.05) is 11.1 Å². The molecule has 2 rings (SSSR count). The van der Waals surface area contributed by atoms with Crippen LogP contribution >= 0.6 is 23.8 Å². The summed E-state index contributed by atoms with van der Waals surface area (Å²) in [7, 11) is 1.41. The predicted octanol–water partition coefficient (Wildman–Crippen LogP) is 3.78. The number of nitro benzene ring substituents is 1. The van der Waals surface area contributed by atoms with Crippen molar-refractivity contribution in [2.45, 2.75) is 0 Å². The van der Waals surface area contributed by atoms with E-state index in [1.54, 1.807) is 36.4 Å². The summed E-state index contributed by atoms with van der Waals surface area (Å²) < 4.78 is 4.96. The largest absolute Gasteiger partial charge is 0.496 e. The van der Waals surface area contributed by atoms with Crippen molar-refractivity contribution in [3.63, 3.8) is 0 Å². The third kappa shape index (κ3) is 5.54. The Bertz CT molecular complexity index is 869. The van der Waals surface area contributed by atoms with Gasteiger partial charge in [-0.15, -0.1) is 0 Å². The van der Waals surface area contributed by atoms with Crippen molar-refractivity contribution >= 4 is 52.3 Å². The van der Waals surface area contributed by atoms with Crippen molar-refractivity contribution in [1.82, 2.24) is 5.32 Å². The Morgan fingerprint density at radius 3 is 2.58 bits per heavy atom. The van der Waals surface area contributed by atoms with Crippen LogP contribution in [-0.2, 0) is 4.79 Å². The molecular formula is C17H14ClN3O4S. The van der Waals surface area contributed by atoms with Gasteiger partial charge in [0.2, 0.25) is 5.91 Å². The van der Waals surface area contributed by atoms with Crippen LogP contribution in [0.5, 0.6) is 5.75 Å². The van der Waals surface area contributed by atoms with E-state index in [-0.39, 0.29) is 16.5 Å². The molecule has 2 aromatic carbocycles. The number of nitrogens with one attached hydrogen (secondary N) is 2. The lowest BCUT2D eigenvalue weighted by molar-refractivity contribution is -0.384. The van der Waals surface area contributed by atoms with Crippen molar-refractivity contribution < 1.29 is 14.5 Å². The van der Waals surface area contributed by atoms with Crippen LogP contribution in [0.3, 0.4) is 0 Å². The van der Waals surface area contributed by atoms with Crippen molar-refractivity contribution in [3.8, 4) is 5.75 Å². The number of hydrogen-bond donors (Lipinski definition) is 2. The number of anilines is 1. The summed E-state index contributed by atoms with van der Waals surface area (Å²) in [6.07, 6.45) is 2.88. The average molecular weight is 392 g/mol. The zero-order valence-corrected chi connectivity index (χ0v) is 15.1. The fourth-order valence-electron chi connectivity index (χ4n) is 1.95. The van der Waals surface area contributed by atoms with Crippen LogP contribution in [0.15, 0.2) is 48.5 Å². The third-order valence-corrected chi connectivity index (χ3v) is 3.64. The van der Waals surface area contributed by atoms with E-state index in [9.17, 15) is 14.9 Å². The highest BCUT2D eigenvalue weighted by molar-refractivity contribution is 7.80. The smallest absolute Gasteiger partial charge is 0.296 e. The second-order valence-electron chi connectivity index (χ2n) is 4.97. The van der Waals surface area contributed by atoms with E-state index < -0.39 is 10.8 Å². The molecule has 2 aromatic rings. The summed E-state index contributed by atoms with van der Waals surface area (Å²) >= 11 is 10.8. The second kappa shape index (κ2) is 8.93. The van der Waals surface area contributed by atoms with Gasteiger partial charge in [-0.2, -0.15) is 0 Å². The molecule has 0 saturated heterocycles. The first-order valence-corrected chi connectivity index (χ1v) is 8.05. The van der Waals surface area contributed by atoms with Gasteiger partial charge >= 0.3 is 0 Å². The third-order valence-electron chi connectivity index (χ3n) is 3.18. The van der Waals surface area contributed by atoms with E-state index in [0.29, 0.717) is 10.8 Å². The summed E-state index contributed by atoms with van der Waals surface area (Å²) in [5.74, 6) is -0.142. The van der Waals surface area contributed by atoms with Crippen molar-refractivity contribution in [2.75, 3.05) is 12.4 Å². The molecule has 0 aliphatic carbocycles. The summed E-state index contributed by atoms with van der Waals surface area (Å²) in [6, 6.07) is 11.2. The molecule has 0 bridgehead atoms.